The number of rotatable bonds is 5. The Morgan fingerprint density at radius 2 is 1.89 bits per heavy atom. The third kappa shape index (κ3) is 3.39. The molecule has 0 saturated carbocycles. The summed E-state index contributed by atoms with van der Waals surface area (Å²) >= 11 is 0. The molecule has 3 rings (SSSR count). The van der Waals surface area contributed by atoms with Crippen molar-refractivity contribution in [3.05, 3.63) is 23.9 Å². The number of hydrogen-bond acceptors (Lipinski definition) is 6. The number of aromatic nitrogens is 2. The quantitative estimate of drug-likeness (QED) is 0.816. The summed E-state index contributed by atoms with van der Waals surface area (Å²) in [5, 5.41) is 22.8. The Hall–Kier alpha value is -2.88. The van der Waals surface area contributed by atoms with Crippen molar-refractivity contribution in [1.82, 2.24) is 15.5 Å². The van der Waals surface area contributed by atoms with E-state index in [9.17, 15) is 5.26 Å². The Morgan fingerprint density at radius 1 is 1.22 bits per heavy atom. The number of amidine groups is 1. The van der Waals surface area contributed by atoms with E-state index < -0.39 is 5.92 Å². The lowest BCUT2D eigenvalue weighted by Crippen LogP contribution is -2.41. The molecule has 2 heterocycles. The van der Waals surface area contributed by atoms with Gasteiger partial charge in [-0.25, -0.2) is 0 Å². The summed E-state index contributed by atoms with van der Waals surface area (Å²) in [6.07, 6.45) is 1.67. The van der Waals surface area contributed by atoms with Crippen LogP contribution in [-0.2, 0) is 0 Å². The summed E-state index contributed by atoms with van der Waals surface area (Å²) in [6.45, 7) is 9.38. The van der Waals surface area contributed by atoms with Crippen LogP contribution < -0.4 is 14.8 Å². The van der Waals surface area contributed by atoms with Gasteiger partial charge in [0.25, 0.3) is 5.84 Å². The molecule has 1 atom stereocenters. The molecule has 0 fully saturated rings. The summed E-state index contributed by atoms with van der Waals surface area (Å²) < 4.78 is 13.1. The maximum Gasteiger partial charge on any atom is 0.267 e. The van der Waals surface area contributed by atoms with Crippen molar-refractivity contribution in [2.45, 2.75) is 45.2 Å². The average Bonchev–Trinajstić information content (AvgIpc) is 2.97. The second-order valence-corrected chi connectivity index (χ2v) is 7.70. The first-order valence-electron chi connectivity index (χ1n) is 9.00. The average molecular weight is 368 g/mol. The molecule has 0 bridgehead atoms. The molecule has 27 heavy (non-hydrogen) atoms. The molecule has 7 nitrogen and oxygen atoms in total. The molecule has 0 unspecified atom stereocenters. The number of ether oxygens (including phenoxy) is 2. The van der Waals surface area contributed by atoms with Crippen LogP contribution in [0.4, 0.5) is 0 Å². The van der Waals surface area contributed by atoms with E-state index in [1.54, 1.807) is 26.5 Å². The van der Waals surface area contributed by atoms with Gasteiger partial charge in [0, 0.05) is 17.0 Å². The minimum absolute atomic E-state index is 0.105. The first-order chi connectivity index (χ1) is 12.8. The summed E-state index contributed by atoms with van der Waals surface area (Å²) in [4.78, 5) is 0. The van der Waals surface area contributed by atoms with E-state index >= 15 is 0 Å². The van der Waals surface area contributed by atoms with Crippen molar-refractivity contribution in [2.75, 3.05) is 20.8 Å². The van der Waals surface area contributed by atoms with Gasteiger partial charge in [-0.1, -0.05) is 0 Å². The molecule has 0 aliphatic carbocycles. The Labute approximate surface area is 159 Å². The molecule has 1 aromatic carbocycles. The van der Waals surface area contributed by atoms with E-state index in [0.717, 1.165) is 23.3 Å². The third-order valence-corrected chi connectivity index (χ3v) is 4.85. The smallest absolute Gasteiger partial charge is 0.267 e. The monoisotopic (exact) mass is 368 g/mol. The highest BCUT2D eigenvalue weighted by atomic mass is 16.5. The van der Waals surface area contributed by atoms with E-state index in [1.807, 2.05) is 6.07 Å². The number of fused-ring (bicyclic) bond motifs is 1. The van der Waals surface area contributed by atoms with Crippen molar-refractivity contribution >= 4 is 16.7 Å². The lowest BCUT2D eigenvalue weighted by atomic mass is 9.96. The lowest BCUT2D eigenvalue weighted by Gasteiger charge is -2.15. The van der Waals surface area contributed by atoms with E-state index in [4.69, 9.17) is 9.47 Å². The predicted molar refractivity (Wildman–Crippen MR) is 103 cm³/mol. The van der Waals surface area contributed by atoms with Crippen LogP contribution in [0.3, 0.4) is 0 Å². The number of nitrogens with zero attached hydrogens (tertiary/aromatic N) is 4. The van der Waals surface area contributed by atoms with Gasteiger partial charge in [-0.2, -0.15) is 15.5 Å². The normalized spacial score (nSPS) is 17.0. The zero-order valence-corrected chi connectivity index (χ0v) is 16.7. The van der Waals surface area contributed by atoms with E-state index in [1.165, 1.54) is 0 Å². The molecular weight excluding hydrogens is 342 g/mol. The molecule has 0 amide bonds. The fourth-order valence-electron chi connectivity index (χ4n) is 3.58. The Morgan fingerprint density at radius 3 is 2.48 bits per heavy atom. The number of nitrogens with one attached hydrogen (secondary N) is 1. The zero-order chi connectivity index (χ0) is 19.8. The van der Waals surface area contributed by atoms with Crippen molar-refractivity contribution in [2.24, 2.45) is 0 Å². The largest absolute Gasteiger partial charge is 0.493 e. The van der Waals surface area contributed by atoms with Crippen molar-refractivity contribution < 1.29 is 14.0 Å². The molecule has 1 N–H and O–H groups in total. The number of nitriles is 1. The van der Waals surface area contributed by atoms with E-state index in [-0.39, 0.29) is 11.6 Å². The SMILES string of the molecule is COc1cc2nncc([C@@H](C#N)C3=[N+](C(C)C)CC(C)(C)N3)c2cc1OC. The van der Waals surface area contributed by atoms with Crippen LogP contribution in [0.25, 0.3) is 10.9 Å². The molecule has 142 valence electrons. The minimum Gasteiger partial charge on any atom is -0.493 e. The van der Waals surface area contributed by atoms with Crippen LogP contribution in [0.15, 0.2) is 18.3 Å². The lowest BCUT2D eigenvalue weighted by molar-refractivity contribution is -0.556. The van der Waals surface area contributed by atoms with Gasteiger partial charge in [0.2, 0.25) is 0 Å². The molecule has 0 saturated heterocycles. The summed E-state index contributed by atoms with van der Waals surface area (Å²) in [5.74, 6) is 1.61. The number of methoxy groups -OCH3 is 2. The van der Waals surface area contributed by atoms with Crippen molar-refractivity contribution in [3.8, 4) is 17.6 Å². The van der Waals surface area contributed by atoms with Gasteiger partial charge >= 0.3 is 0 Å². The summed E-state index contributed by atoms with van der Waals surface area (Å²) in [5.41, 5.74) is 1.36. The van der Waals surface area contributed by atoms with Crippen LogP contribution in [0.5, 0.6) is 11.5 Å². The number of hydrogen-bond donors (Lipinski definition) is 1. The van der Waals surface area contributed by atoms with Gasteiger partial charge in [-0.15, -0.1) is 0 Å². The maximum atomic E-state index is 10.1. The van der Waals surface area contributed by atoms with Crippen molar-refractivity contribution in [3.63, 3.8) is 0 Å². The molecular formula is C20H26N5O2+. The Balaban J connectivity index is 2.20. The summed E-state index contributed by atoms with van der Waals surface area (Å²) in [7, 11) is 3.18. The van der Waals surface area contributed by atoms with Crippen LogP contribution in [-0.4, -0.2) is 53.0 Å². The van der Waals surface area contributed by atoms with Crippen LogP contribution in [0.2, 0.25) is 0 Å². The Bertz CT molecular complexity index is 943. The first kappa shape index (κ1) is 18.9. The highest BCUT2D eigenvalue weighted by Crippen LogP contribution is 2.35. The molecule has 7 heteroatoms. The molecule has 0 spiro atoms. The van der Waals surface area contributed by atoms with Crippen LogP contribution in [0, 0.1) is 11.3 Å². The number of benzene rings is 1. The fourth-order valence-corrected chi connectivity index (χ4v) is 3.58. The standard InChI is InChI=1S/C20H25N5O2/c1-12(2)25-11-20(3,4)23-19(25)14(9-21)15-10-22-24-16-8-18(27-6)17(26-5)7-13(15)16/h7-8,10,12,14H,11H2,1-6H3/p+1/t14-/m1/s1. The first-order valence-corrected chi connectivity index (χ1v) is 9.00. The van der Waals surface area contributed by atoms with Crippen LogP contribution in [0.1, 0.15) is 39.2 Å². The second-order valence-electron chi connectivity index (χ2n) is 7.70. The molecule has 2 aromatic rings. The van der Waals surface area contributed by atoms with Gasteiger partial charge in [-0.05, 0) is 33.8 Å². The third-order valence-electron chi connectivity index (χ3n) is 4.85. The Kier molecular flexibility index (Phi) is 4.92. The predicted octanol–water partition coefficient (Wildman–Crippen LogP) is 2.46. The van der Waals surface area contributed by atoms with Gasteiger partial charge < -0.3 is 9.47 Å². The maximum absolute atomic E-state index is 10.1. The van der Waals surface area contributed by atoms with Crippen LogP contribution >= 0.6 is 0 Å². The highest BCUT2D eigenvalue weighted by Gasteiger charge is 2.43. The highest BCUT2D eigenvalue weighted by molar-refractivity contribution is 5.95. The van der Waals surface area contributed by atoms with Gasteiger partial charge in [-0.3, -0.25) is 9.89 Å². The van der Waals surface area contributed by atoms with E-state index in [2.05, 4.69) is 53.9 Å². The molecule has 1 aromatic heterocycles. The molecule has 1 aliphatic heterocycles. The molecule has 1 aliphatic rings. The topological polar surface area (TPSA) is 83.1 Å². The van der Waals surface area contributed by atoms with E-state index in [0.29, 0.717) is 17.0 Å². The minimum atomic E-state index is -0.481. The molecule has 0 radical (unpaired) electrons. The second kappa shape index (κ2) is 7.03. The van der Waals surface area contributed by atoms with Crippen molar-refractivity contribution in [1.29, 1.82) is 5.26 Å². The van der Waals surface area contributed by atoms with Gasteiger partial charge in [0.1, 0.15) is 12.1 Å². The summed E-state index contributed by atoms with van der Waals surface area (Å²) in [6, 6.07) is 6.39. The van der Waals surface area contributed by atoms with Gasteiger partial charge in [0.15, 0.2) is 17.4 Å². The van der Waals surface area contributed by atoms with Gasteiger partial charge in [0.05, 0.1) is 38.0 Å². The zero-order valence-electron chi connectivity index (χ0n) is 16.7. The fraction of sp³-hybridized carbons (Fsp3) is 0.500.